The number of pyridine rings is 1. The number of fused-ring (bicyclic) bond motifs is 8. The molecule has 0 bridgehead atoms. The summed E-state index contributed by atoms with van der Waals surface area (Å²) in [5.41, 5.74) is 16.1. The Bertz CT molecular complexity index is 3360. The Balaban J connectivity index is 0.980. The minimum atomic E-state index is 0.0447. The van der Waals surface area contributed by atoms with Crippen LogP contribution >= 0.6 is 11.3 Å². The molecular weight excluding hydrogens is 773 g/mol. The second-order valence-corrected chi connectivity index (χ2v) is 18.2. The Morgan fingerprint density at radius 3 is 2.08 bits per heavy atom. The fraction of sp³-hybridized carbons (Fsp3) is 0.140. The molecule has 6 aromatic carbocycles. The lowest BCUT2D eigenvalue weighted by molar-refractivity contribution is 0.581. The lowest BCUT2D eigenvalue weighted by atomic mass is 9.77. The molecule has 4 heterocycles. The molecule has 0 spiro atoms. The van der Waals surface area contributed by atoms with Gasteiger partial charge in [-0.05, 0) is 78.6 Å². The van der Waals surface area contributed by atoms with Gasteiger partial charge in [0.1, 0.15) is 0 Å². The Morgan fingerprint density at radius 1 is 0.613 bits per heavy atom. The molecule has 298 valence electrons. The van der Waals surface area contributed by atoms with Crippen molar-refractivity contribution in [2.45, 2.75) is 44.9 Å². The van der Waals surface area contributed by atoms with Gasteiger partial charge in [-0.1, -0.05) is 153 Å². The molecule has 0 saturated heterocycles. The van der Waals surface area contributed by atoms with E-state index in [1.54, 1.807) is 0 Å². The van der Waals surface area contributed by atoms with E-state index in [4.69, 9.17) is 15.0 Å². The molecule has 5 heteroatoms. The zero-order valence-corrected chi connectivity index (χ0v) is 35.6. The molecule has 10 aromatic rings. The van der Waals surface area contributed by atoms with Crippen LogP contribution in [0, 0.1) is 5.92 Å². The van der Waals surface area contributed by atoms with E-state index in [2.05, 4.69) is 194 Å². The number of rotatable bonds is 6. The molecule has 3 atom stereocenters. The third-order valence-electron chi connectivity index (χ3n) is 13.3. The molecule has 4 aromatic heterocycles. The number of para-hydroxylation sites is 1. The van der Waals surface area contributed by atoms with Gasteiger partial charge in [0.05, 0.1) is 33.0 Å². The van der Waals surface area contributed by atoms with Gasteiger partial charge in [0.15, 0.2) is 5.82 Å². The highest BCUT2D eigenvalue weighted by molar-refractivity contribution is 7.26. The molecule has 3 unspecified atom stereocenters. The summed E-state index contributed by atoms with van der Waals surface area (Å²) in [5.74, 6) is 1.55. The number of thiophene rings is 1. The highest BCUT2D eigenvalue weighted by Crippen LogP contribution is 2.48. The van der Waals surface area contributed by atoms with Crippen molar-refractivity contribution in [2.24, 2.45) is 5.92 Å². The Labute approximate surface area is 365 Å². The summed E-state index contributed by atoms with van der Waals surface area (Å²) in [6.45, 7) is 4.70. The highest BCUT2D eigenvalue weighted by atomic mass is 32.1. The van der Waals surface area contributed by atoms with Crippen LogP contribution in [-0.2, 0) is 6.42 Å². The predicted octanol–water partition coefficient (Wildman–Crippen LogP) is 15.1. The number of hydrogen-bond acceptors (Lipinski definition) is 4. The molecule has 12 rings (SSSR count). The van der Waals surface area contributed by atoms with Crippen LogP contribution in [0.4, 0.5) is 0 Å². The van der Waals surface area contributed by atoms with E-state index in [1.807, 2.05) is 11.3 Å². The summed E-state index contributed by atoms with van der Waals surface area (Å²) in [6.07, 6.45) is 8.26. The molecule has 62 heavy (non-hydrogen) atoms. The van der Waals surface area contributed by atoms with E-state index in [0.717, 1.165) is 51.5 Å². The Morgan fingerprint density at radius 2 is 1.29 bits per heavy atom. The van der Waals surface area contributed by atoms with E-state index >= 15 is 0 Å². The normalized spacial score (nSPS) is 17.1. The minimum Gasteiger partial charge on any atom is -0.313 e. The lowest BCUT2D eigenvalue weighted by Crippen LogP contribution is -2.17. The second kappa shape index (κ2) is 14.9. The van der Waals surface area contributed by atoms with Crippen molar-refractivity contribution >= 4 is 48.5 Å². The number of allylic oxidation sites excluding steroid dienone is 1. The second-order valence-electron chi connectivity index (χ2n) is 17.1. The summed E-state index contributed by atoms with van der Waals surface area (Å²) in [5, 5.41) is 3.97. The van der Waals surface area contributed by atoms with Crippen LogP contribution in [0.1, 0.15) is 66.6 Å². The fourth-order valence-electron chi connectivity index (χ4n) is 10.4. The number of hydrogen-bond donors (Lipinski definition) is 0. The van der Waals surface area contributed by atoms with Crippen molar-refractivity contribution in [3.8, 4) is 50.8 Å². The van der Waals surface area contributed by atoms with Crippen LogP contribution in [0.3, 0.4) is 0 Å². The standard InChI is InChI=1S/C57H44N4S/c1-35-15-13-25-49-52(35)43-22-9-11-24-48(43)61(49)42-30-28-38(29-31-42)47-34-46(37-16-5-3-6-17-37)58-57(59-47)41-21-14-20-40(33-41)51-36(2)27-32-45-53-44-23-10-12-26-50(44)62-56(53)54(60-55(45)51)39-18-7-4-8-19-39/h3-12,14,16-24,26-36,51H,13,15,25H2,1-2H3. The smallest absolute Gasteiger partial charge is 0.160 e. The third kappa shape index (κ3) is 6.06. The molecule has 4 nitrogen and oxygen atoms in total. The van der Waals surface area contributed by atoms with Crippen LogP contribution in [0.25, 0.3) is 88.0 Å². The van der Waals surface area contributed by atoms with Crippen LogP contribution < -0.4 is 0 Å². The maximum absolute atomic E-state index is 5.62. The van der Waals surface area contributed by atoms with Gasteiger partial charge in [0.25, 0.3) is 0 Å². The maximum Gasteiger partial charge on any atom is 0.160 e. The molecule has 0 N–H and O–H groups in total. The van der Waals surface area contributed by atoms with Gasteiger partial charge in [-0.3, -0.25) is 0 Å². The molecule has 0 aliphatic heterocycles. The molecule has 0 radical (unpaired) electrons. The molecule has 0 fully saturated rings. The first-order valence-corrected chi connectivity index (χ1v) is 22.8. The summed E-state index contributed by atoms with van der Waals surface area (Å²) in [4.78, 5) is 16.2. The van der Waals surface area contributed by atoms with E-state index in [-0.39, 0.29) is 11.8 Å². The van der Waals surface area contributed by atoms with E-state index in [1.165, 1.54) is 72.0 Å². The van der Waals surface area contributed by atoms with Crippen LogP contribution in [-0.4, -0.2) is 19.5 Å². The number of aromatic nitrogens is 4. The van der Waals surface area contributed by atoms with Gasteiger partial charge < -0.3 is 4.57 Å². The van der Waals surface area contributed by atoms with Crippen LogP contribution in [0.2, 0.25) is 0 Å². The monoisotopic (exact) mass is 816 g/mol. The molecule has 0 saturated carbocycles. The first-order valence-electron chi connectivity index (χ1n) is 21.9. The third-order valence-corrected chi connectivity index (χ3v) is 14.5. The van der Waals surface area contributed by atoms with Gasteiger partial charge in [0, 0.05) is 66.0 Å². The quantitative estimate of drug-likeness (QED) is 0.168. The summed E-state index contributed by atoms with van der Waals surface area (Å²) in [7, 11) is 0. The number of benzene rings is 6. The summed E-state index contributed by atoms with van der Waals surface area (Å²) < 4.78 is 5.03. The summed E-state index contributed by atoms with van der Waals surface area (Å²) >= 11 is 1.84. The molecule has 2 aliphatic rings. The van der Waals surface area contributed by atoms with Gasteiger partial charge in [-0.15, -0.1) is 11.3 Å². The lowest BCUT2D eigenvalue weighted by Gasteiger charge is -2.28. The van der Waals surface area contributed by atoms with Crippen molar-refractivity contribution in [3.63, 3.8) is 0 Å². The Kier molecular flexibility index (Phi) is 8.86. The van der Waals surface area contributed by atoms with Crippen molar-refractivity contribution in [1.82, 2.24) is 19.5 Å². The van der Waals surface area contributed by atoms with Crippen molar-refractivity contribution in [1.29, 1.82) is 0 Å². The van der Waals surface area contributed by atoms with Crippen molar-refractivity contribution < 1.29 is 0 Å². The molecular formula is C57H44N4S. The van der Waals surface area contributed by atoms with Crippen LogP contribution in [0.5, 0.6) is 0 Å². The van der Waals surface area contributed by atoms with Crippen LogP contribution in [0.15, 0.2) is 170 Å². The average molecular weight is 817 g/mol. The maximum atomic E-state index is 5.62. The fourth-order valence-corrected chi connectivity index (χ4v) is 11.6. The van der Waals surface area contributed by atoms with Crippen molar-refractivity contribution in [3.05, 3.63) is 198 Å². The predicted molar refractivity (Wildman–Crippen MR) is 259 cm³/mol. The number of nitrogens with zero attached hydrogens (tertiary/aromatic N) is 4. The van der Waals surface area contributed by atoms with E-state index < -0.39 is 0 Å². The Hall–Kier alpha value is -6.95. The molecule has 0 amide bonds. The first kappa shape index (κ1) is 36.9. The topological polar surface area (TPSA) is 43.6 Å². The summed E-state index contributed by atoms with van der Waals surface area (Å²) in [6, 6.07) is 58.9. The SMILES string of the molecule is CC1CCCc2c1c1ccccc1n2-c1ccc(-c2cc(-c3ccccc3)nc(-c3cccc(C4c5nc(-c6ccccc6)c6sc7ccccc7c6c5C=CC4C)c3)n2)cc1. The first-order chi connectivity index (χ1) is 30.6. The van der Waals surface area contributed by atoms with Gasteiger partial charge in [-0.25, -0.2) is 15.0 Å². The zero-order valence-electron chi connectivity index (χ0n) is 34.8. The highest BCUT2D eigenvalue weighted by Gasteiger charge is 2.31. The largest absolute Gasteiger partial charge is 0.313 e. The zero-order chi connectivity index (χ0) is 41.3. The minimum absolute atomic E-state index is 0.0447. The van der Waals surface area contributed by atoms with Crippen molar-refractivity contribution in [2.75, 3.05) is 0 Å². The van der Waals surface area contributed by atoms with E-state index in [0.29, 0.717) is 11.7 Å². The average Bonchev–Trinajstić information content (AvgIpc) is 3.89. The van der Waals surface area contributed by atoms with Gasteiger partial charge in [-0.2, -0.15) is 0 Å². The van der Waals surface area contributed by atoms with Gasteiger partial charge in [0.2, 0.25) is 0 Å². The van der Waals surface area contributed by atoms with Gasteiger partial charge >= 0.3 is 0 Å². The molecule has 2 aliphatic carbocycles. The van der Waals surface area contributed by atoms with E-state index in [9.17, 15) is 0 Å².